The molecule has 0 radical (unpaired) electrons. The third kappa shape index (κ3) is 1.69. The van der Waals surface area contributed by atoms with Crippen LogP contribution >= 0.6 is 12.4 Å². The molecule has 1 atom stereocenters. The molecule has 1 unspecified atom stereocenters. The van der Waals surface area contributed by atoms with E-state index in [2.05, 4.69) is 10.1 Å². The van der Waals surface area contributed by atoms with Crippen LogP contribution in [0.25, 0.3) is 0 Å². The van der Waals surface area contributed by atoms with Gasteiger partial charge in [-0.1, -0.05) is 0 Å². The summed E-state index contributed by atoms with van der Waals surface area (Å²) in [5.41, 5.74) is -1.06. The molecule has 0 amide bonds. The fourth-order valence-corrected chi connectivity index (χ4v) is 2.37. The fourth-order valence-electron chi connectivity index (χ4n) is 2.37. The summed E-state index contributed by atoms with van der Waals surface area (Å²) in [5, 5.41) is 2.33. The van der Waals surface area contributed by atoms with Gasteiger partial charge in [-0.3, -0.25) is 10.1 Å². The highest BCUT2D eigenvalue weighted by molar-refractivity contribution is 5.85. The van der Waals surface area contributed by atoms with Crippen molar-refractivity contribution in [3.8, 4) is 0 Å². The predicted molar refractivity (Wildman–Crippen MR) is 47.7 cm³/mol. The maximum Gasteiger partial charge on any atom is 0.404 e. The molecule has 3 fully saturated rings. The number of methoxy groups -OCH3 is 1. The average Bonchev–Trinajstić information content (AvgIpc) is 2.54. The molecule has 3 rings (SSSR count). The summed E-state index contributed by atoms with van der Waals surface area (Å²) in [6.07, 6.45) is -3.79. The Balaban J connectivity index is 0.00000112. The zero-order chi connectivity index (χ0) is 10.6. The molecule has 15 heavy (non-hydrogen) atoms. The molecule has 88 valence electrons. The van der Waals surface area contributed by atoms with Gasteiger partial charge in [0.05, 0.1) is 7.11 Å². The van der Waals surface area contributed by atoms with Crippen LogP contribution in [0, 0.1) is 5.92 Å². The van der Waals surface area contributed by atoms with Crippen molar-refractivity contribution in [2.45, 2.75) is 30.6 Å². The largest absolute Gasteiger partial charge is 0.468 e. The molecular weight excluding hydrogens is 235 g/mol. The molecule has 1 saturated carbocycles. The summed E-state index contributed by atoms with van der Waals surface area (Å²) >= 11 is 0. The van der Waals surface area contributed by atoms with Crippen LogP contribution in [-0.4, -0.2) is 30.8 Å². The van der Waals surface area contributed by atoms with Crippen LogP contribution in [-0.2, 0) is 9.53 Å². The van der Waals surface area contributed by atoms with E-state index in [4.69, 9.17) is 0 Å². The number of rotatable bonds is 1. The lowest BCUT2D eigenvalue weighted by molar-refractivity contribution is -0.157. The molecule has 2 aliphatic heterocycles. The van der Waals surface area contributed by atoms with Crippen molar-refractivity contribution in [2.24, 2.45) is 5.92 Å². The Morgan fingerprint density at radius 1 is 1.47 bits per heavy atom. The Hall–Kier alpha value is -0.490. The highest BCUT2D eigenvalue weighted by Crippen LogP contribution is 2.52. The van der Waals surface area contributed by atoms with E-state index in [9.17, 15) is 18.0 Å². The molecular formula is C8H11ClF3NO2. The van der Waals surface area contributed by atoms with Crippen LogP contribution in [0.4, 0.5) is 13.2 Å². The lowest BCUT2D eigenvalue weighted by Gasteiger charge is -2.34. The van der Waals surface area contributed by atoms with Crippen LogP contribution in [0.1, 0.15) is 12.8 Å². The van der Waals surface area contributed by atoms with Gasteiger partial charge in [-0.25, -0.2) is 0 Å². The van der Waals surface area contributed by atoms with Crippen molar-refractivity contribution < 1.29 is 22.7 Å². The highest BCUT2D eigenvalue weighted by atomic mass is 35.5. The molecule has 0 aromatic heterocycles. The number of halogens is 4. The fraction of sp³-hybridized carbons (Fsp3) is 0.875. The predicted octanol–water partition coefficient (Wildman–Crippen LogP) is 1.26. The van der Waals surface area contributed by atoms with Crippen LogP contribution < -0.4 is 5.32 Å². The smallest absolute Gasteiger partial charge is 0.404 e. The van der Waals surface area contributed by atoms with Gasteiger partial charge < -0.3 is 4.74 Å². The molecule has 7 heteroatoms. The number of fused-ring (bicyclic) bond motifs is 1. The van der Waals surface area contributed by atoms with Gasteiger partial charge in [0, 0.05) is 0 Å². The zero-order valence-corrected chi connectivity index (χ0v) is 8.74. The van der Waals surface area contributed by atoms with Gasteiger partial charge in [0.1, 0.15) is 11.6 Å². The maximum atomic E-state index is 12.4. The van der Waals surface area contributed by atoms with Crippen LogP contribution in [0.3, 0.4) is 0 Å². The minimum atomic E-state index is -4.27. The number of carbonyl (C=O) groups excluding carboxylic acids is 1. The Morgan fingerprint density at radius 3 is 2.33 bits per heavy atom. The molecule has 2 saturated heterocycles. The summed E-state index contributed by atoms with van der Waals surface area (Å²) < 4.78 is 41.5. The monoisotopic (exact) mass is 245 g/mol. The minimum Gasteiger partial charge on any atom is -0.468 e. The third-order valence-electron chi connectivity index (χ3n) is 3.05. The van der Waals surface area contributed by atoms with Gasteiger partial charge in [0.2, 0.25) is 0 Å². The first kappa shape index (κ1) is 12.6. The van der Waals surface area contributed by atoms with E-state index < -0.39 is 29.6 Å². The Labute approximate surface area is 90.8 Å². The topological polar surface area (TPSA) is 38.3 Å². The first-order valence-corrected chi connectivity index (χ1v) is 4.32. The molecule has 3 aliphatic rings. The van der Waals surface area contributed by atoms with E-state index in [0.29, 0.717) is 0 Å². The van der Waals surface area contributed by atoms with Crippen molar-refractivity contribution in [3.05, 3.63) is 0 Å². The summed E-state index contributed by atoms with van der Waals surface area (Å²) in [7, 11) is 1.19. The summed E-state index contributed by atoms with van der Waals surface area (Å²) in [6, 6.07) is -1.54. The van der Waals surface area contributed by atoms with E-state index in [1.807, 2.05) is 0 Å². The first-order valence-electron chi connectivity index (χ1n) is 4.32. The normalized spacial score (nSPS) is 37.9. The minimum absolute atomic E-state index is 0. The molecule has 0 aromatic carbocycles. The third-order valence-corrected chi connectivity index (χ3v) is 3.05. The van der Waals surface area contributed by atoms with Gasteiger partial charge >= 0.3 is 12.1 Å². The van der Waals surface area contributed by atoms with Crippen molar-refractivity contribution in [3.63, 3.8) is 0 Å². The molecule has 2 bridgehead atoms. The summed E-state index contributed by atoms with van der Waals surface area (Å²) in [5.74, 6) is -1.05. The zero-order valence-electron chi connectivity index (χ0n) is 7.93. The second-order valence-electron chi connectivity index (χ2n) is 3.91. The second-order valence-corrected chi connectivity index (χ2v) is 3.91. The number of hydrogen-bond acceptors (Lipinski definition) is 3. The number of hydrogen-bond donors (Lipinski definition) is 1. The molecule has 0 spiro atoms. The summed E-state index contributed by atoms with van der Waals surface area (Å²) in [4.78, 5) is 11.2. The van der Waals surface area contributed by atoms with Crippen LogP contribution in [0.5, 0.6) is 0 Å². The number of carbonyl (C=O) groups is 1. The lowest BCUT2D eigenvalue weighted by atomic mass is 9.72. The van der Waals surface area contributed by atoms with Gasteiger partial charge in [0.25, 0.3) is 0 Å². The molecule has 3 nitrogen and oxygen atoms in total. The van der Waals surface area contributed by atoms with Crippen LogP contribution in [0.15, 0.2) is 0 Å². The molecule has 1 N–H and O–H groups in total. The highest BCUT2D eigenvalue weighted by Gasteiger charge is 2.67. The van der Waals surface area contributed by atoms with Crippen molar-refractivity contribution in [2.75, 3.05) is 7.11 Å². The number of alkyl halides is 3. The van der Waals surface area contributed by atoms with E-state index in [1.165, 1.54) is 7.11 Å². The number of esters is 1. The standard InChI is InChI=1S/C8H10F3NO2.ClH/c1-14-6(13)7-2-4(3-7)5(12-7)8(9,10)11;/h4-5,12H,2-3H2,1H3;1H. The Morgan fingerprint density at radius 2 is 2.00 bits per heavy atom. The lowest BCUT2D eigenvalue weighted by Crippen LogP contribution is -2.52. The van der Waals surface area contributed by atoms with E-state index in [-0.39, 0.29) is 25.2 Å². The second kappa shape index (κ2) is 3.52. The Kier molecular flexibility index (Phi) is 2.95. The maximum absolute atomic E-state index is 12.4. The SMILES string of the molecule is COC(=O)C12CC(C1)C(C(F)(F)F)N2.Cl. The Bertz CT molecular complexity index is 276. The average molecular weight is 246 g/mol. The van der Waals surface area contributed by atoms with Crippen molar-refractivity contribution >= 4 is 18.4 Å². The first-order chi connectivity index (χ1) is 6.39. The number of ether oxygens (including phenoxy) is 1. The van der Waals surface area contributed by atoms with E-state index in [1.54, 1.807) is 0 Å². The molecule has 1 aliphatic carbocycles. The number of nitrogens with one attached hydrogen (secondary N) is 1. The van der Waals surface area contributed by atoms with Gasteiger partial charge in [-0.2, -0.15) is 13.2 Å². The van der Waals surface area contributed by atoms with Gasteiger partial charge in [-0.15, -0.1) is 12.4 Å². The quantitative estimate of drug-likeness (QED) is 0.707. The van der Waals surface area contributed by atoms with Gasteiger partial charge in [-0.05, 0) is 18.8 Å². The van der Waals surface area contributed by atoms with Gasteiger partial charge in [0.15, 0.2) is 0 Å². The van der Waals surface area contributed by atoms with E-state index >= 15 is 0 Å². The van der Waals surface area contributed by atoms with E-state index in [0.717, 1.165) is 0 Å². The summed E-state index contributed by atoms with van der Waals surface area (Å²) in [6.45, 7) is 0. The van der Waals surface area contributed by atoms with Crippen LogP contribution in [0.2, 0.25) is 0 Å². The molecule has 0 aromatic rings. The van der Waals surface area contributed by atoms with Crippen molar-refractivity contribution in [1.82, 2.24) is 5.32 Å². The molecule has 2 heterocycles. The van der Waals surface area contributed by atoms with Crippen molar-refractivity contribution in [1.29, 1.82) is 0 Å².